The topological polar surface area (TPSA) is 97.0 Å². The number of carbonyl (C=O) groups is 1. The molecule has 0 aromatic heterocycles. The maximum atomic E-state index is 12.5. The average molecular weight is 385 g/mol. The van der Waals surface area contributed by atoms with Gasteiger partial charge >= 0.3 is 0 Å². The van der Waals surface area contributed by atoms with E-state index in [-0.39, 0.29) is 22.9 Å². The number of morpholine rings is 1. The lowest BCUT2D eigenvalue weighted by Gasteiger charge is -2.26. The Morgan fingerprint density at radius 2 is 2.04 bits per heavy atom. The molecule has 26 heavy (non-hydrogen) atoms. The van der Waals surface area contributed by atoms with Crippen molar-refractivity contribution in [3.63, 3.8) is 0 Å². The summed E-state index contributed by atoms with van der Waals surface area (Å²) in [6, 6.07) is 4.26. The minimum absolute atomic E-state index is 0.0404. The fourth-order valence-electron chi connectivity index (χ4n) is 2.73. The third kappa shape index (κ3) is 5.66. The molecule has 0 atom stereocenters. The highest BCUT2D eigenvalue weighted by Gasteiger charge is 2.19. The third-order valence-corrected chi connectivity index (χ3v) is 5.64. The SMILES string of the molecule is CCNS(=O)(=O)c1ccc(OC)c(C(=O)NCCCN2CCOCC2)c1. The van der Waals surface area contributed by atoms with E-state index in [0.717, 1.165) is 39.3 Å². The molecule has 8 nitrogen and oxygen atoms in total. The van der Waals surface area contributed by atoms with Gasteiger partial charge in [0.15, 0.2) is 0 Å². The van der Waals surface area contributed by atoms with Crippen LogP contribution < -0.4 is 14.8 Å². The summed E-state index contributed by atoms with van der Waals surface area (Å²) in [6.45, 7) is 6.67. The van der Waals surface area contributed by atoms with Crippen LogP contribution in [0.1, 0.15) is 23.7 Å². The number of hydrogen-bond donors (Lipinski definition) is 2. The largest absolute Gasteiger partial charge is 0.496 e. The number of ether oxygens (including phenoxy) is 2. The summed E-state index contributed by atoms with van der Waals surface area (Å²) < 4.78 is 37.2. The molecule has 1 aliphatic heterocycles. The van der Waals surface area contributed by atoms with E-state index < -0.39 is 10.0 Å². The Balaban J connectivity index is 1.97. The number of carbonyl (C=O) groups excluding carboxylic acids is 1. The molecule has 146 valence electrons. The molecular formula is C17H27N3O5S. The first-order valence-corrected chi connectivity index (χ1v) is 10.2. The molecule has 1 saturated heterocycles. The number of nitrogens with one attached hydrogen (secondary N) is 2. The summed E-state index contributed by atoms with van der Waals surface area (Å²) in [5, 5.41) is 2.83. The molecule has 1 aliphatic rings. The molecule has 2 N–H and O–H groups in total. The van der Waals surface area contributed by atoms with Gasteiger partial charge in [0, 0.05) is 26.2 Å². The van der Waals surface area contributed by atoms with Gasteiger partial charge < -0.3 is 14.8 Å². The van der Waals surface area contributed by atoms with Crippen molar-refractivity contribution in [3.8, 4) is 5.75 Å². The van der Waals surface area contributed by atoms with Gasteiger partial charge in [0.25, 0.3) is 5.91 Å². The van der Waals surface area contributed by atoms with Crippen LogP contribution in [0.15, 0.2) is 23.1 Å². The van der Waals surface area contributed by atoms with Crippen molar-refractivity contribution in [2.45, 2.75) is 18.2 Å². The van der Waals surface area contributed by atoms with Crippen molar-refractivity contribution in [2.75, 3.05) is 53.0 Å². The Morgan fingerprint density at radius 3 is 2.69 bits per heavy atom. The summed E-state index contributed by atoms with van der Waals surface area (Å²) in [6.07, 6.45) is 0.809. The Bertz CT molecular complexity index is 702. The fraction of sp³-hybridized carbons (Fsp3) is 0.588. The maximum Gasteiger partial charge on any atom is 0.255 e. The molecule has 0 aliphatic carbocycles. The van der Waals surface area contributed by atoms with Crippen molar-refractivity contribution < 1.29 is 22.7 Å². The highest BCUT2D eigenvalue weighted by atomic mass is 32.2. The van der Waals surface area contributed by atoms with E-state index in [0.29, 0.717) is 12.3 Å². The summed E-state index contributed by atoms with van der Waals surface area (Å²) in [5.41, 5.74) is 0.206. The lowest BCUT2D eigenvalue weighted by atomic mass is 10.2. The van der Waals surface area contributed by atoms with Crippen LogP contribution >= 0.6 is 0 Å². The first kappa shape index (κ1) is 20.6. The molecule has 1 aromatic rings. The van der Waals surface area contributed by atoms with Crippen LogP contribution in [0.4, 0.5) is 0 Å². The zero-order valence-corrected chi connectivity index (χ0v) is 16.1. The molecule has 0 spiro atoms. The number of methoxy groups -OCH3 is 1. The van der Waals surface area contributed by atoms with Gasteiger partial charge in [0.05, 0.1) is 30.8 Å². The van der Waals surface area contributed by atoms with Crippen LogP contribution in [-0.2, 0) is 14.8 Å². The molecule has 0 saturated carbocycles. The molecular weight excluding hydrogens is 358 g/mol. The monoisotopic (exact) mass is 385 g/mol. The summed E-state index contributed by atoms with van der Waals surface area (Å²) in [5.74, 6) is -0.0106. The third-order valence-electron chi connectivity index (χ3n) is 4.10. The highest BCUT2D eigenvalue weighted by molar-refractivity contribution is 7.89. The van der Waals surface area contributed by atoms with Crippen molar-refractivity contribution in [1.82, 2.24) is 14.9 Å². The molecule has 1 aromatic carbocycles. The zero-order chi connectivity index (χ0) is 19.0. The Morgan fingerprint density at radius 1 is 1.31 bits per heavy atom. The Hall–Kier alpha value is -1.68. The highest BCUT2D eigenvalue weighted by Crippen LogP contribution is 2.22. The van der Waals surface area contributed by atoms with Gasteiger partial charge in [-0.15, -0.1) is 0 Å². The molecule has 1 fully saturated rings. The van der Waals surface area contributed by atoms with Gasteiger partial charge in [-0.3, -0.25) is 9.69 Å². The summed E-state index contributed by atoms with van der Waals surface area (Å²) in [4.78, 5) is 14.8. The fourth-order valence-corrected chi connectivity index (χ4v) is 3.80. The van der Waals surface area contributed by atoms with Gasteiger partial charge in [0.2, 0.25) is 10.0 Å². The first-order valence-electron chi connectivity index (χ1n) is 8.74. The minimum Gasteiger partial charge on any atom is -0.496 e. The molecule has 0 unspecified atom stereocenters. The molecule has 1 heterocycles. The van der Waals surface area contributed by atoms with Crippen LogP contribution in [0.2, 0.25) is 0 Å². The quantitative estimate of drug-likeness (QED) is 0.599. The van der Waals surface area contributed by atoms with Crippen molar-refractivity contribution >= 4 is 15.9 Å². The first-order chi connectivity index (χ1) is 12.5. The van der Waals surface area contributed by atoms with E-state index in [2.05, 4.69) is 14.9 Å². The van der Waals surface area contributed by atoms with Crippen LogP contribution in [0.3, 0.4) is 0 Å². The van der Waals surface area contributed by atoms with Gasteiger partial charge in [-0.1, -0.05) is 6.92 Å². The number of benzene rings is 1. The van der Waals surface area contributed by atoms with Crippen LogP contribution in [0, 0.1) is 0 Å². The lowest BCUT2D eigenvalue weighted by Crippen LogP contribution is -2.38. The molecule has 9 heteroatoms. The molecule has 0 bridgehead atoms. The van der Waals surface area contributed by atoms with Crippen molar-refractivity contribution in [1.29, 1.82) is 0 Å². The summed E-state index contributed by atoms with van der Waals surface area (Å²) >= 11 is 0. The lowest BCUT2D eigenvalue weighted by molar-refractivity contribution is 0.0374. The van der Waals surface area contributed by atoms with Crippen LogP contribution in [0.25, 0.3) is 0 Å². The molecule has 1 amide bonds. The smallest absolute Gasteiger partial charge is 0.255 e. The Labute approximate surface area is 154 Å². The normalized spacial score (nSPS) is 15.6. The average Bonchev–Trinajstić information content (AvgIpc) is 2.65. The van der Waals surface area contributed by atoms with Crippen LogP contribution in [-0.4, -0.2) is 72.3 Å². The van der Waals surface area contributed by atoms with E-state index >= 15 is 0 Å². The molecule has 2 rings (SSSR count). The number of sulfonamides is 1. The minimum atomic E-state index is -3.64. The van der Waals surface area contributed by atoms with Gasteiger partial charge in [0.1, 0.15) is 5.75 Å². The van der Waals surface area contributed by atoms with Crippen molar-refractivity contribution in [2.24, 2.45) is 0 Å². The number of nitrogens with zero attached hydrogens (tertiary/aromatic N) is 1. The maximum absolute atomic E-state index is 12.5. The van der Waals surface area contributed by atoms with Crippen molar-refractivity contribution in [3.05, 3.63) is 23.8 Å². The number of amides is 1. The second-order valence-corrected chi connectivity index (χ2v) is 7.69. The van der Waals surface area contributed by atoms with Gasteiger partial charge in [-0.05, 0) is 31.2 Å². The van der Waals surface area contributed by atoms with E-state index in [9.17, 15) is 13.2 Å². The standard InChI is InChI=1S/C17H27N3O5S/c1-3-19-26(22,23)14-5-6-16(24-2)15(13-14)17(21)18-7-4-8-20-9-11-25-12-10-20/h5-6,13,19H,3-4,7-12H2,1-2H3,(H,18,21). The van der Waals surface area contributed by atoms with E-state index in [4.69, 9.17) is 9.47 Å². The predicted molar refractivity (Wildman–Crippen MR) is 98.1 cm³/mol. The molecule has 0 radical (unpaired) electrons. The van der Waals surface area contributed by atoms with E-state index in [1.54, 1.807) is 6.92 Å². The van der Waals surface area contributed by atoms with E-state index in [1.807, 2.05) is 0 Å². The number of rotatable bonds is 9. The second-order valence-electron chi connectivity index (χ2n) is 5.93. The summed E-state index contributed by atoms with van der Waals surface area (Å²) in [7, 11) is -2.19. The second kappa shape index (κ2) is 9.86. The van der Waals surface area contributed by atoms with Gasteiger partial charge in [-0.25, -0.2) is 13.1 Å². The van der Waals surface area contributed by atoms with Gasteiger partial charge in [-0.2, -0.15) is 0 Å². The van der Waals surface area contributed by atoms with Crippen LogP contribution in [0.5, 0.6) is 5.75 Å². The number of hydrogen-bond acceptors (Lipinski definition) is 6. The Kier molecular flexibility index (Phi) is 7.83. The zero-order valence-electron chi connectivity index (χ0n) is 15.3. The predicted octanol–water partition coefficient (Wildman–Crippen LogP) is 0.446. The van der Waals surface area contributed by atoms with E-state index in [1.165, 1.54) is 25.3 Å².